The summed E-state index contributed by atoms with van der Waals surface area (Å²) in [5.74, 6) is -0.116. The maximum absolute atomic E-state index is 11.8. The summed E-state index contributed by atoms with van der Waals surface area (Å²) in [7, 11) is 0. The molecule has 2 rings (SSSR count). The van der Waals surface area contributed by atoms with Gasteiger partial charge in [0, 0.05) is 24.9 Å². The van der Waals surface area contributed by atoms with Gasteiger partial charge in [-0.3, -0.25) is 4.79 Å². The van der Waals surface area contributed by atoms with Crippen LogP contribution in [0.5, 0.6) is 0 Å². The van der Waals surface area contributed by atoms with Crippen LogP contribution in [0.2, 0.25) is 5.15 Å². The molecular formula is C13H17ClN2O2. The number of carbonyl (C=O) groups excluding carboxylic acids is 1. The molecule has 2 heterocycles. The molecule has 0 bridgehead atoms. The summed E-state index contributed by atoms with van der Waals surface area (Å²) in [5.41, 5.74) is 0.541. The maximum atomic E-state index is 11.8. The first-order chi connectivity index (χ1) is 8.75. The van der Waals surface area contributed by atoms with E-state index in [0.717, 1.165) is 25.9 Å². The highest BCUT2D eigenvalue weighted by Crippen LogP contribution is 2.15. The molecule has 0 radical (unpaired) electrons. The lowest BCUT2D eigenvalue weighted by Crippen LogP contribution is -2.29. The van der Waals surface area contributed by atoms with Gasteiger partial charge in [0.1, 0.15) is 5.15 Å². The first-order valence-electron chi connectivity index (χ1n) is 6.27. The Morgan fingerprint density at radius 3 is 3.17 bits per heavy atom. The predicted molar refractivity (Wildman–Crippen MR) is 69.8 cm³/mol. The first kappa shape index (κ1) is 13.3. The number of nitrogens with one attached hydrogen (secondary N) is 1. The monoisotopic (exact) mass is 268 g/mol. The van der Waals surface area contributed by atoms with E-state index in [1.807, 2.05) is 0 Å². The molecule has 0 saturated carbocycles. The van der Waals surface area contributed by atoms with E-state index in [1.165, 1.54) is 12.6 Å². The Morgan fingerprint density at radius 1 is 1.56 bits per heavy atom. The van der Waals surface area contributed by atoms with Crippen molar-refractivity contribution < 1.29 is 9.53 Å². The topological polar surface area (TPSA) is 51.2 Å². The predicted octanol–water partition coefficient (Wildman–Crippen LogP) is 2.42. The molecule has 5 heteroatoms. The number of pyridine rings is 1. The van der Waals surface area contributed by atoms with Gasteiger partial charge in [-0.2, -0.15) is 0 Å². The number of halogens is 1. The third kappa shape index (κ3) is 3.96. The van der Waals surface area contributed by atoms with Gasteiger partial charge in [0.05, 0.1) is 6.10 Å². The lowest BCUT2D eigenvalue weighted by molar-refractivity contribution is 0.0117. The van der Waals surface area contributed by atoms with Crippen molar-refractivity contribution in [1.29, 1.82) is 0 Å². The lowest BCUT2D eigenvalue weighted by Gasteiger charge is -2.22. The van der Waals surface area contributed by atoms with E-state index in [0.29, 0.717) is 23.4 Å². The quantitative estimate of drug-likeness (QED) is 0.854. The van der Waals surface area contributed by atoms with E-state index in [9.17, 15) is 4.79 Å². The molecule has 1 saturated heterocycles. The summed E-state index contributed by atoms with van der Waals surface area (Å²) in [4.78, 5) is 15.6. The first-order valence-corrected chi connectivity index (χ1v) is 6.65. The van der Waals surface area contributed by atoms with E-state index in [2.05, 4.69) is 10.3 Å². The molecule has 1 N–H and O–H groups in total. The van der Waals surface area contributed by atoms with Crippen molar-refractivity contribution in [2.24, 2.45) is 0 Å². The Balaban J connectivity index is 1.74. The van der Waals surface area contributed by atoms with Crippen LogP contribution >= 0.6 is 11.6 Å². The fourth-order valence-electron chi connectivity index (χ4n) is 2.03. The van der Waals surface area contributed by atoms with Crippen LogP contribution in [-0.2, 0) is 4.74 Å². The minimum Gasteiger partial charge on any atom is -0.378 e. The van der Waals surface area contributed by atoms with E-state index < -0.39 is 0 Å². The van der Waals surface area contributed by atoms with Crippen molar-refractivity contribution in [3.63, 3.8) is 0 Å². The van der Waals surface area contributed by atoms with Gasteiger partial charge in [-0.25, -0.2) is 4.98 Å². The third-order valence-corrected chi connectivity index (χ3v) is 3.22. The number of nitrogens with zero attached hydrogens (tertiary/aromatic N) is 1. The van der Waals surface area contributed by atoms with Crippen LogP contribution in [-0.4, -0.2) is 30.1 Å². The van der Waals surface area contributed by atoms with Crippen LogP contribution in [0.1, 0.15) is 36.0 Å². The molecule has 1 atom stereocenters. The fraction of sp³-hybridized carbons (Fsp3) is 0.538. The normalized spacial score (nSPS) is 19.5. The van der Waals surface area contributed by atoms with Gasteiger partial charge in [-0.05, 0) is 37.8 Å². The third-order valence-electron chi connectivity index (χ3n) is 3.01. The van der Waals surface area contributed by atoms with Crippen molar-refractivity contribution in [2.75, 3.05) is 13.2 Å². The average Bonchev–Trinajstić information content (AvgIpc) is 2.40. The van der Waals surface area contributed by atoms with Crippen molar-refractivity contribution in [3.05, 3.63) is 29.0 Å². The molecule has 98 valence electrons. The molecule has 1 aromatic heterocycles. The Bertz CT molecular complexity index is 406. The molecule has 1 aliphatic rings. The SMILES string of the molecule is O=C(NCCC1CCCCO1)c1ccnc(Cl)c1. The molecule has 0 aliphatic carbocycles. The summed E-state index contributed by atoms with van der Waals surface area (Å²) in [5, 5.41) is 3.20. The van der Waals surface area contributed by atoms with Gasteiger partial charge in [0.15, 0.2) is 0 Å². The largest absolute Gasteiger partial charge is 0.378 e. The molecule has 1 aliphatic heterocycles. The van der Waals surface area contributed by atoms with Gasteiger partial charge in [-0.15, -0.1) is 0 Å². The molecule has 1 aromatic rings. The number of hydrogen-bond acceptors (Lipinski definition) is 3. The molecule has 0 spiro atoms. The maximum Gasteiger partial charge on any atom is 0.251 e. The Morgan fingerprint density at radius 2 is 2.44 bits per heavy atom. The Kier molecular flexibility index (Phi) is 4.96. The van der Waals surface area contributed by atoms with Crippen LogP contribution in [0.15, 0.2) is 18.3 Å². The number of amides is 1. The molecule has 1 fully saturated rings. The fourth-order valence-corrected chi connectivity index (χ4v) is 2.20. The Labute approximate surface area is 112 Å². The Hall–Kier alpha value is -1.13. The standard InChI is InChI=1S/C13H17ClN2O2/c14-12-9-10(4-6-15-12)13(17)16-7-5-11-3-1-2-8-18-11/h4,6,9,11H,1-3,5,7-8H2,(H,16,17). The zero-order valence-electron chi connectivity index (χ0n) is 10.2. The van der Waals surface area contributed by atoms with Gasteiger partial charge < -0.3 is 10.1 Å². The molecule has 1 amide bonds. The minimum absolute atomic E-state index is 0.116. The van der Waals surface area contributed by atoms with Crippen molar-refractivity contribution in [2.45, 2.75) is 31.8 Å². The van der Waals surface area contributed by atoms with Gasteiger partial charge in [-0.1, -0.05) is 11.6 Å². The number of carbonyl (C=O) groups is 1. The van der Waals surface area contributed by atoms with Crippen molar-refractivity contribution in [1.82, 2.24) is 10.3 Å². The number of hydrogen-bond donors (Lipinski definition) is 1. The van der Waals surface area contributed by atoms with Gasteiger partial charge in [0.2, 0.25) is 0 Å². The highest BCUT2D eigenvalue weighted by Gasteiger charge is 2.14. The van der Waals surface area contributed by atoms with Gasteiger partial charge in [0.25, 0.3) is 5.91 Å². The minimum atomic E-state index is -0.116. The molecule has 0 aromatic carbocycles. The van der Waals surface area contributed by atoms with Crippen LogP contribution in [0.25, 0.3) is 0 Å². The van der Waals surface area contributed by atoms with Gasteiger partial charge >= 0.3 is 0 Å². The molecular weight excluding hydrogens is 252 g/mol. The van der Waals surface area contributed by atoms with Crippen LogP contribution < -0.4 is 5.32 Å². The number of rotatable bonds is 4. The zero-order valence-corrected chi connectivity index (χ0v) is 10.9. The summed E-state index contributed by atoms with van der Waals surface area (Å²) < 4.78 is 5.60. The highest BCUT2D eigenvalue weighted by atomic mass is 35.5. The molecule has 1 unspecified atom stereocenters. The highest BCUT2D eigenvalue weighted by molar-refractivity contribution is 6.29. The summed E-state index contributed by atoms with van der Waals surface area (Å²) in [6, 6.07) is 3.21. The zero-order chi connectivity index (χ0) is 12.8. The summed E-state index contributed by atoms with van der Waals surface area (Å²) in [6.45, 7) is 1.47. The summed E-state index contributed by atoms with van der Waals surface area (Å²) >= 11 is 5.73. The van der Waals surface area contributed by atoms with E-state index >= 15 is 0 Å². The van der Waals surface area contributed by atoms with Crippen LogP contribution in [0.3, 0.4) is 0 Å². The van der Waals surface area contributed by atoms with E-state index in [1.54, 1.807) is 12.1 Å². The average molecular weight is 269 g/mol. The smallest absolute Gasteiger partial charge is 0.251 e. The number of aromatic nitrogens is 1. The van der Waals surface area contributed by atoms with Crippen LogP contribution in [0.4, 0.5) is 0 Å². The second kappa shape index (κ2) is 6.71. The van der Waals surface area contributed by atoms with Crippen molar-refractivity contribution >= 4 is 17.5 Å². The summed E-state index contributed by atoms with van der Waals surface area (Å²) in [6.07, 6.45) is 6.15. The molecule has 18 heavy (non-hydrogen) atoms. The van der Waals surface area contributed by atoms with Crippen LogP contribution in [0, 0.1) is 0 Å². The lowest BCUT2D eigenvalue weighted by atomic mass is 10.1. The van der Waals surface area contributed by atoms with E-state index in [-0.39, 0.29) is 5.91 Å². The molecule has 4 nitrogen and oxygen atoms in total. The van der Waals surface area contributed by atoms with Crippen molar-refractivity contribution in [3.8, 4) is 0 Å². The van der Waals surface area contributed by atoms with E-state index in [4.69, 9.17) is 16.3 Å². The number of ether oxygens (including phenoxy) is 1. The second-order valence-corrected chi connectivity index (χ2v) is 4.79. The second-order valence-electron chi connectivity index (χ2n) is 4.40.